The molecule has 6 heteroatoms. The minimum absolute atomic E-state index is 0. The Morgan fingerprint density at radius 1 is 0.767 bits per heavy atom. The molecule has 0 saturated carbocycles. The average molecular weight is 449 g/mol. The Balaban J connectivity index is 0.00000160. The molecule has 0 radical (unpaired) electrons. The van der Waals surface area contributed by atoms with Crippen LogP contribution in [-0.4, -0.2) is 47.7 Å². The Labute approximate surface area is 191 Å². The van der Waals surface area contributed by atoms with E-state index in [1.807, 2.05) is 19.1 Å². The summed E-state index contributed by atoms with van der Waals surface area (Å²) in [6.07, 6.45) is 0. The van der Waals surface area contributed by atoms with Crippen LogP contribution >= 0.6 is 24.8 Å². The molecule has 162 valence electrons. The topological polar surface area (TPSA) is 39.9 Å². The maximum absolute atomic E-state index is 9.96. The van der Waals surface area contributed by atoms with Crippen molar-refractivity contribution in [3.63, 3.8) is 0 Å². The number of hydrogen-bond donors (Lipinski definition) is 1. The van der Waals surface area contributed by atoms with E-state index >= 15 is 0 Å². The predicted octanol–water partition coefficient (Wildman–Crippen LogP) is 4.87. The molecule has 2 heterocycles. The molecule has 1 aliphatic rings. The third kappa shape index (κ3) is 5.45. The molecule has 3 aromatic rings. The molecule has 30 heavy (non-hydrogen) atoms. The Hall–Kier alpha value is -1.82. The van der Waals surface area contributed by atoms with Crippen LogP contribution in [0.2, 0.25) is 0 Å². The molecule has 4 rings (SSSR count). The van der Waals surface area contributed by atoms with Crippen LogP contribution in [0.3, 0.4) is 0 Å². The molecule has 1 fully saturated rings. The highest BCUT2D eigenvalue weighted by molar-refractivity contribution is 5.85. The zero-order valence-corrected chi connectivity index (χ0v) is 18.8. The molecule has 2 aromatic carbocycles. The summed E-state index contributed by atoms with van der Waals surface area (Å²) in [5, 5.41) is 9.96. The van der Waals surface area contributed by atoms with Crippen molar-refractivity contribution >= 4 is 24.8 Å². The van der Waals surface area contributed by atoms with Gasteiger partial charge in [0.2, 0.25) is 0 Å². The number of rotatable bonds is 6. The largest absolute Gasteiger partial charge is 0.465 e. The minimum atomic E-state index is -0.0669. The highest BCUT2D eigenvalue weighted by Gasteiger charge is 2.30. The van der Waals surface area contributed by atoms with E-state index < -0.39 is 0 Å². The van der Waals surface area contributed by atoms with Gasteiger partial charge in [0.25, 0.3) is 0 Å². The Morgan fingerprint density at radius 3 is 1.70 bits per heavy atom. The summed E-state index contributed by atoms with van der Waals surface area (Å²) in [7, 11) is 0. The Kier molecular flexibility index (Phi) is 9.40. The first-order valence-corrected chi connectivity index (χ1v) is 10.0. The summed E-state index contributed by atoms with van der Waals surface area (Å²) in [6, 6.07) is 25.6. The van der Waals surface area contributed by atoms with Crippen LogP contribution in [0.25, 0.3) is 0 Å². The van der Waals surface area contributed by atoms with E-state index in [9.17, 15) is 5.11 Å². The van der Waals surface area contributed by atoms with E-state index in [0.29, 0.717) is 0 Å². The fourth-order valence-electron chi connectivity index (χ4n) is 4.21. The second-order valence-corrected chi connectivity index (χ2v) is 7.44. The lowest BCUT2D eigenvalue weighted by molar-refractivity contribution is 0.0443. The number of piperazine rings is 1. The molecule has 0 amide bonds. The van der Waals surface area contributed by atoms with Gasteiger partial charge in [-0.15, -0.1) is 24.8 Å². The quantitative estimate of drug-likeness (QED) is 0.583. The first-order chi connectivity index (χ1) is 13.8. The number of aliphatic hydroxyl groups excluding tert-OH is 1. The minimum Gasteiger partial charge on any atom is -0.465 e. The van der Waals surface area contributed by atoms with Crippen molar-refractivity contribution in [2.75, 3.05) is 32.8 Å². The molecular weight excluding hydrogens is 419 g/mol. The zero-order chi connectivity index (χ0) is 19.3. The van der Waals surface area contributed by atoms with Crippen LogP contribution < -0.4 is 0 Å². The van der Waals surface area contributed by atoms with Crippen molar-refractivity contribution < 1.29 is 9.52 Å². The summed E-state index contributed by atoms with van der Waals surface area (Å²) < 4.78 is 5.79. The van der Waals surface area contributed by atoms with Crippen molar-refractivity contribution in [2.45, 2.75) is 19.0 Å². The number of nitrogens with zero attached hydrogens (tertiary/aromatic N) is 2. The zero-order valence-electron chi connectivity index (χ0n) is 17.2. The van der Waals surface area contributed by atoms with Gasteiger partial charge in [-0.05, 0) is 30.2 Å². The van der Waals surface area contributed by atoms with Crippen LogP contribution in [0.15, 0.2) is 77.2 Å². The van der Waals surface area contributed by atoms with Gasteiger partial charge in [0.1, 0.15) is 11.5 Å². The number of hydrogen-bond acceptors (Lipinski definition) is 4. The van der Waals surface area contributed by atoms with Crippen LogP contribution in [0.1, 0.15) is 34.7 Å². The van der Waals surface area contributed by atoms with Crippen molar-refractivity contribution in [1.82, 2.24) is 9.80 Å². The molecular formula is C24H30Cl2N2O2. The van der Waals surface area contributed by atoms with E-state index in [-0.39, 0.29) is 43.5 Å². The third-order valence-electron chi connectivity index (χ3n) is 5.65. The van der Waals surface area contributed by atoms with E-state index in [1.165, 1.54) is 11.1 Å². The van der Waals surface area contributed by atoms with Crippen LogP contribution in [0, 0.1) is 6.92 Å². The van der Waals surface area contributed by atoms with Gasteiger partial charge in [0.15, 0.2) is 0 Å². The summed E-state index contributed by atoms with van der Waals surface area (Å²) >= 11 is 0. The molecule has 0 aliphatic carbocycles. The maximum atomic E-state index is 9.96. The van der Waals surface area contributed by atoms with Crippen molar-refractivity contribution in [1.29, 1.82) is 0 Å². The van der Waals surface area contributed by atoms with Crippen molar-refractivity contribution in [3.05, 3.63) is 95.4 Å². The lowest BCUT2D eigenvalue weighted by atomic mass is 9.96. The molecule has 1 aliphatic heterocycles. The van der Waals surface area contributed by atoms with Crippen LogP contribution in [0.5, 0.6) is 0 Å². The highest BCUT2D eigenvalue weighted by Crippen LogP contribution is 2.31. The van der Waals surface area contributed by atoms with Gasteiger partial charge in [-0.1, -0.05) is 60.7 Å². The van der Waals surface area contributed by atoms with Crippen molar-refractivity contribution in [2.24, 2.45) is 0 Å². The third-order valence-corrected chi connectivity index (χ3v) is 5.65. The molecule has 0 bridgehead atoms. The number of aryl methyl sites for hydroxylation is 1. The van der Waals surface area contributed by atoms with E-state index in [1.54, 1.807) is 0 Å². The summed E-state index contributed by atoms with van der Waals surface area (Å²) in [4.78, 5) is 4.88. The predicted molar refractivity (Wildman–Crippen MR) is 126 cm³/mol. The molecule has 1 N–H and O–H groups in total. The Morgan fingerprint density at radius 2 is 1.27 bits per heavy atom. The summed E-state index contributed by atoms with van der Waals surface area (Å²) in [5.74, 6) is 1.75. The normalized spacial score (nSPS) is 16.0. The van der Waals surface area contributed by atoms with E-state index in [4.69, 9.17) is 4.42 Å². The summed E-state index contributed by atoms with van der Waals surface area (Å²) in [6.45, 7) is 5.73. The van der Waals surface area contributed by atoms with Gasteiger partial charge < -0.3 is 9.52 Å². The van der Waals surface area contributed by atoms with Gasteiger partial charge in [0.05, 0.1) is 18.7 Å². The van der Waals surface area contributed by atoms with Crippen LogP contribution in [-0.2, 0) is 0 Å². The number of benzene rings is 2. The monoisotopic (exact) mass is 448 g/mol. The lowest BCUT2D eigenvalue weighted by Gasteiger charge is -2.41. The van der Waals surface area contributed by atoms with E-state index in [0.717, 1.165) is 37.7 Å². The fraction of sp³-hybridized carbons (Fsp3) is 0.333. The van der Waals surface area contributed by atoms with Gasteiger partial charge in [-0.2, -0.15) is 0 Å². The maximum Gasteiger partial charge on any atom is 0.123 e. The first-order valence-electron chi connectivity index (χ1n) is 10.0. The van der Waals surface area contributed by atoms with Crippen LogP contribution in [0.4, 0.5) is 0 Å². The standard InChI is InChI=1S/C24H28N2O2.2ClH/c1-19-12-13-23(28-19)22(18-27)25-14-16-26(17-15-25)24(20-8-4-2-5-9-20)21-10-6-3-7-11-21;;/h2-13,22,24,27H,14-18H2,1H3;2*1H. The fourth-order valence-corrected chi connectivity index (χ4v) is 4.21. The Bertz CT molecular complexity index is 826. The molecule has 4 nitrogen and oxygen atoms in total. The highest BCUT2D eigenvalue weighted by atomic mass is 35.5. The molecule has 1 aromatic heterocycles. The molecule has 1 unspecified atom stereocenters. The second kappa shape index (κ2) is 11.5. The van der Waals surface area contributed by atoms with Gasteiger partial charge >= 0.3 is 0 Å². The number of halogens is 2. The lowest BCUT2D eigenvalue weighted by Crippen LogP contribution is -2.49. The van der Waals surface area contributed by atoms with Gasteiger partial charge in [-0.25, -0.2) is 0 Å². The summed E-state index contributed by atoms with van der Waals surface area (Å²) in [5.41, 5.74) is 2.64. The molecule has 1 saturated heterocycles. The van der Waals surface area contributed by atoms with Gasteiger partial charge in [0, 0.05) is 26.2 Å². The molecule has 0 spiro atoms. The number of aliphatic hydroxyl groups is 1. The van der Waals surface area contributed by atoms with Crippen molar-refractivity contribution in [3.8, 4) is 0 Å². The smallest absolute Gasteiger partial charge is 0.123 e. The first kappa shape index (κ1) is 24.4. The van der Waals surface area contributed by atoms with E-state index in [2.05, 4.69) is 70.5 Å². The SMILES string of the molecule is Cc1ccc(C(CO)N2CCN(C(c3ccccc3)c3ccccc3)CC2)o1.Cl.Cl. The number of furan rings is 1. The second-order valence-electron chi connectivity index (χ2n) is 7.44. The van der Waals surface area contributed by atoms with Gasteiger partial charge in [-0.3, -0.25) is 9.80 Å². The molecule has 1 atom stereocenters. The average Bonchev–Trinajstić information content (AvgIpc) is 3.17.